The van der Waals surface area contributed by atoms with Gasteiger partial charge >= 0.3 is 0 Å². The van der Waals surface area contributed by atoms with E-state index in [1.54, 1.807) is 0 Å². The lowest BCUT2D eigenvalue weighted by molar-refractivity contribution is 0.680. The van der Waals surface area contributed by atoms with Crippen molar-refractivity contribution in [3.05, 3.63) is 72.0 Å². The van der Waals surface area contributed by atoms with E-state index in [0.29, 0.717) is 5.92 Å². The lowest BCUT2D eigenvalue weighted by Gasteiger charge is -2.35. The molecule has 0 saturated heterocycles. The van der Waals surface area contributed by atoms with E-state index in [4.69, 9.17) is 4.99 Å². The summed E-state index contributed by atoms with van der Waals surface area (Å²) in [5, 5.41) is 0. The molecule has 1 aromatic carbocycles. The maximum Gasteiger partial charge on any atom is 0.117 e. The fourth-order valence-corrected chi connectivity index (χ4v) is 3.53. The molecule has 1 unspecified atom stereocenters. The number of nitrogens with zero attached hydrogens (tertiary/aromatic N) is 2. The lowest BCUT2D eigenvalue weighted by atomic mass is 9.86. The molecule has 1 aliphatic heterocycles. The predicted molar refractivity (Wildman–Crippen MR) is 109 cm³/mol. The van der Waals surface area contributed by atoms with E-state index in [0.717, 1.165) is 34.1 Å². The average molecular weight is 332 g/mol. The van der Waals surface area contributed by atoms with Gasteiger partial charge in [0, 0.05) is 28.8 Å². The second-order valence-corrected chi connectivity index (χ2v) is 7.33. The largest absolute Gasteiger partial charge is 0.302 e. The lowest BCUT2D eigenvalue weighted by Crippen LogP contribution is -2.31. The number of hydrogen-bond donors (Lipinski definition) is 0. The summed E-state index contributed by atoms with van der Waals surface area (Å²) in [5.74, 6) is 1.95. The molecule has 0 spiro atoms. The first-order chi connectivity index (χ1) is 11.9. The molecule has 0 radical (unpaired) electrons. The molecule has 2 heteroatoms. The number of fused-ring (bicyclic) bond motifs is 1. The Bertz CT molecular complexity index is 819. The highest BCUT2D eigenvalue weighted by Crippen LogP contribution is 2.46. The number of aliphatic imine (C=N–C) groups is 1. The van der Waals surface area contributed by atoms with Crippen LogP contribution in [0.25, 0.3) is 5.70 Å². The number of amidine groups is 1. The Hall–Kier alpha value is -2.35. The fraction of sp³-hybridized carbons (Fsp3) is 0.348. The molecular formula is C23H28N2. The van der Waals surface area contributed by atoms with Crippen molar-refractivity contribution in [3.8, 4) is 0 Å². The monoisotopic (exact) mass is 332 g/mol. The minimum absolute atomic E-state index is 0.281. The van der Waals surface area contributed by atoms with Crippen molar-refractivity contribution in [1.82, 2.24) is 4.90 Å². The third-order valence-corrected chi connectivity index (χ3v) is 5.30. The quantitative estimate of drug-likeness (QED) is 0.444. The van der Waals surface area contributed by atoms with Crippen LogP contribution in [0.5, 0.6) is 0 Å². The highest BCUT2D eigenvalue weighted by molar-refractivity contribution is 6.02. The third-order valence-electron chi connectivity index (χ3n) is 5.30. The second kappa shape index (κ2) is 6.51. The van der Waals surface area contributed by atoms with Crippen molar-refractivity contribution in [2.45, 2.75) is 46.5 Å². The molecular weight excluding hydrogens is 304 g/mol. The number of hydrogen-bond acceptors (Lipinski definition) is 2. The standard InChI is InChI=1S/C23H28N2/c1-8-9-16(5)25-18(7)20-13-10-15(4)21(17(6)14(2)3)22(20)24-23(25)19-11-12-19/h8-10,13,17,19H,1-2,7,11-12H2,3-6H3/b16-9+. The van der Waals surface area contributed by atoms with Crippen LogP contribution in [0.4, 0.5) is 5.69 Å². The van der Waals surface area contributed by atoms with Crippen LogP contribution in [-0.2, 0) is 0 Å². The molecule has 2 nitrogen and oxygen atoms in total. The Morgan fingerprint density at radius 3 is 2.56 bits per heavy atom. The molecule has 1 heterocycles. The van der Waals surface area contributed by atoms with Crippen LogP contribution < -0.4 is 0 Å². The van der Waals surface area contributed by atoms with E-state index >= 15 is 0 Å². The van der Waals surface area contributed by atoms with E-state index in [1.165, 1.54) is 24.0 Å². The maximum atomic E-state index is 5.17. The first-order valence-corrected chi connectivity index (χ1v) is 9.03. The second-order valence-electron chi connectivity index (χ2n) is 7.33. The van der Waals surface area contributed by atoms with Crippen molar-refractivity contribution in [2.75, 3.05) is 0 Å². The van der Waals surface area contributed by atoms with Crippen LogP contribution in [0, 0.1) is 12.8 Å². The van der Waals surface area contributed by atoms with Gasteiger partial charge in [0.1, 0.15) is 5.84 Å². The fourth-order valence-electron chi connectivity index (χ4n) is 3.53. The molecule has 3 rings (SSSR count). The van der Waals surface area contributed by atoms with Crippen LogP contribution in [0.3, 0.4) is 0 Å². The SMILES string of the molecule is C=C/C=C(\C)N1C(=C)c2ccc(C)c(C(C)C(=C)C)c2N=C1C1CC1. The Morgan fingerprint density at radius 1 is 1.32 bits per heavy atom. The summed E-state index contributed by atoms with van der Waals surface area (Å²) in [6.07, 6.45) is 6.26. The summed E-state index contributed by atoms with van der Waals surface area (Å²) in [5.41, 5.74) is 8.06. The highest BCUT2D eigenvalue weighted by atomic mass is 15.2. The summed E-state index contributed by atoms with van der Waals surface area (Å²) in [6, 6.07) is 4.34. The van der Waals surface area contributed by atoms with E-state index in [9.17, 15) is 0 Å². The van der Waals surface area contributed by atoms with E-state index in [2.05, 4.69) is 64.5 Å². The molecule has 1 aromatic rings. The number of aryl methyl sites for hydroxylation is 1. The topological polar surface area (TPSA) is 15.6 Å². The number of allylic oxidation sites excluding steroid dienone is 4. The van der Waals surface area contributed by atoms with Crippen molar-refractivity contribution < 1.29 is 0 Å². The Labute approximate surface area is 152 Å². The zero-order chi connectivity index (χ0) is 18.3. The summed E-state index contributed by atoms with van der Waals surface area (Å²) >= 11 is 0. The molecule has 2 aliphatic rings. The first-order valence-electron chi connectivity index (χ1n) is 9.03. The zero-order valence-corrected chi connectivity index (χ0v) is 15.9. The normalized spacial score (nSPS) is 18.6. The van der Waals surface area contributed by atoms with E-state index < -0.39 is 0 Å². The molecule has 130 valence electrons. The van der Waals surface area contributed by atoms with Gasteiger partial charge in [0.15, 0.2) is 0 Å². The van der Waals surface area contributed by atoms with Gasteiger partial charge in [0.05, 0.1) is 5.69 Å². The van der Waals surface area contributed by atoms with Crippen LogP contribution in [-0.4, -0.2) is 10.7 Å². The van der Waals surface area contributed by atoms with E-state index in [1.807, 2.05) is 12.2 Å². The molecule has 0 N–H and O–H groups in total. The first kappa shape index (κ1) is 17.5. The molecule has 0 aromatic heterocycles. The Morgan fingerprint density at radius 2 is 2.00 bits per heavy atom. The van der Waals surface area contributed by atoms with Crippen LogP contribution >= 0.6 is 0 Å². The van der Waals surface area contributed by atoms with Crippen molar-refractivity contribution in [2.24, 2.45) is 10.9 Å². The molecule has 1 fully saturated rings. The summed E-state index contributed by atoms with van der Waals surface area (Å²) < 4.78 is 0. The van der Waals surface area contributed by atoms with Crippen molar-refractivity contribution in [1.29, 1.82) is 0 Å². The minimum atomic E-state index is 0.281. The van der Waals surface area contributed by atoms with Gasteiger partial charge in [-0.05, 0) is 50.8 Å². The Kier molecular flexibility index (Phi) is 4.55. The summed E-state index contributed by atoms with van der Waals surface area (Å²) in [6.45, 7) is 21.0. The maximum absolute atomic E-state index is 5.17. The number of rotatable bonds is 5. The molecule has 1 saturated carbocycles. The van der Waals surface area contributed by atoms with Gasteiger partial charge in [-0.1, -0.05) is 50.4 Å². The van der Waals surface area contributed by atoms with Crippen molar-refractivity contribution >= 4 is 17.2 Å². The van der Waals surface area contributed by atoms with Gasteiger partial charge in [-0.3, -0.25) is 0 Å². The summed E-state index contributed by atoms with van der Waals surface area (Å²) in [7, 11) is 0. The van der Waals surface area contributed by atoms with Gasteiger partial charge in [-0.25, -0.2) is 4.99 Å². The van der Waals surface area contributed by atoms with E-state index in [-0.39, 0.29) is 5.92 Å². The molecule has 0 amide bonds. The zero-order valence-electron chi connectivity index (χ0n) is 15.9. The van der Waals surface area contributed by atoms with Crippen LogP contribution in [0.2, 0.25) is 0 Å². The smallest absolute Gasteiger partial charge is 0.117 e. The van der Waals surface area contributed by atoms with Gasteiger partial charge in [-0.15, -0.1) is 0 Å². The van der Waals surface area contributed by atoms with Gasteiger partial charge in [0.25, 0.3) is 0 Å². The molecule has 1 aliphatic carbocycles. The Balaban J connectivity index is 2.23. The van der Waals surface area contributed by atoms with Crippen LogP contribution in [0.1, 0.15) is 56.2 Å². The molecule has 1 atom stereocenters. The molecule has 0 bridgehead atoms. The van der Waals surface area contributed by atoms with Gasteiger partial charge in [-0.2, -0.15) is 0 Å². The predicted octanol–water partition coefficient (Wildman–Crippen LogP) is 6.49. The summed E-state index contributed by atoms with van der Waals surface area (Å²) in [4.78, 5) is 7.39. The van der Waals surface area contributed by atoms with Gasteiger partial charge < -0.3 is 4.90 Å². The highest BCUT2D eigenvalue weighted by Gasteiger charge is 2.37. The molecule has 25 heavy (non-hydrogen) atoms. The number of benzene rings is 1. The van der Waals surface area contributed by atoms with Gasteiger partial charge in [0.2, 0.25) is 0 Å². The average Bonchev–Trinajstić information content (AvgIpc) is 3.38. The third kappa shape index (κ3) is 3.02. The minimum Gasteiger partial charge on any atom is -0.302 e. The van der Waals surface area contributed by atoms with Crippen molar-refractivity contribution in [3.63, 3.8) is 0 Å². The van der Waals surface area contributed by atoms with Crippen LogP contribution in [0.15, 0.2) is 60.3 Å².